The summed E-state index contributed by atoms with van der Waals surface area (Å²) >= 11 is 0. The number of hydrogen-bond acceptors (Lipinski definition) is 2. The fourth-order valence-corrected chi connectivity index (χ4v) is 2.56. The maximum absolute atomic E-state index is 12.7. The number of carbonyl (C=O) groups excluding carboxylic acids is 1. The number of carbonyl (C=O) groups is 1. The fraction of sp³-hybridized carbons (Fsp3) is 0.222. The van der Waals surface area contributed by atoms with Crippen LogP contribution in [0.15, 0.2) is 54.9 Å². The first-order valence-electron chi connectivity index (χ1n) is 7.46. The Morgan fingerprint density at radius 1 is 1.23 bits per heavy atom. The summed E-state index contributed by atoms with van der Waals surface area (Å²) in [5.74, 6) is 0.0366. The highest BCUT2D eigenvalue weighted by atomic mass is 16.2. The molecule has 112 valence electrons. The average Bonchev–Trinajstić information content (AvgIpc) is 2.92. The lowest BCUT2D eigenvalue weighted by Crippen LogP contribution is -2.30. The van der Waals surface area contributed by atoms with Gasteiger partial charge in [0.15, 0.2) is 0 Å². The second kappa shape index (κ2) is 6.02. The first kappa shape index (κ1) is 14.3. The largest absolute Gasteiger partial charge is 0.335 e. The highest BCUT2D eigenvalue weighted by Gasteiger charge is 2.15. The molecule has 0 aliphatic carbocycles. The molecular weight excluding hydrogens is 274 g/mol. The van der Waals surface area contributed by atoms with E-state index in [1.54, 1.807) is 0 Å². The van der Waals surface area contributed by atoms with E-state index < -0.39 is 0 Å². The fourth-order valence-electron chi connectivity index (χ4n) is 2.56. The number of benzene rings is 1. The van der Waals surface area contributed by atoms with E-state index in [9.17, 15) is 4.79 Å². The zero-order valence-corrected chi connectivity index (χ0v) is 12.9. The van der Waals surface area contributed by atoms with E-state index in [2.05, 4.69) is 4.98 Å². The van der Waals surface area contributed by atoms with Crippen molar-refractivity contribution in [1.29, 1.82) is 0 Å². The molecule has 0 unspecified atom stereocenters. The van der Waals surface area contributed by atoms with Crippen molar-refractivity contribution in [2.45, 2.75) is 20.4 Å². The number of rotatable bonds is 4. The zero-order chi connectivity index (χ0) is 15.5. The quantitative estimate of drug-likeness (QED) is 0.740. The summed E-state index contributed by atoms with van der Waals surface area (Å²) in [5.41, 5.74) is 3.56. The van der Waals surface area contributed by atoms with Crippen LogP contribution in [0.1, 0.15) is 28.5 Å². The van der Waals surface area contributed by atoms with Crippen LogP contribution in [0.3, 0.4) is 0 Å². The summed E-state index contributed by atoms with van der Waals surface area (Å²) in [6.07, 6.45) is 3.84. The Balaban J connectivity index is 1.85. The van der Waals surface area contributed by atoms with Gasteiger partial charge in [0.05, 0.1) is 5.69 Å². The minimum Gasteiger partial charge on any atom is -0.335 e. The second-order valence-corrected chi connectivity index (χ2v) is 5.37. The molecule has 0 radical (unpaired) electrons. The third kappa shape index (κ3) is 2.86. The molecule has 0 atom stereocenters. The van der Waals surface area contributed by atoms with Gasteiger partial charge in [-0.25, -0.2) is 4.98 Å². The Kier molecular flexibility index (Phi) is 3.92. The van der Waals surface area contributed by atoms with Gasteiger partial charge in [0.25, 0.3) is 5.91 Å². The Hall–Kier alpha value is -2.62. The van der Waals surface area contributed by atoms with Crippen LogP contribution in [-0.2, 0) is 6.54 Å². The molecule has 22 heavy (non-hydrogen) atoms. The molecule has 0 fully saturated rings. The number of aryl methyl sites for hydroxylation is 1. The smallest absolute Gasteiger partial charge is 0.254 e. The summed E-state index contributed by atoms with van der Waals surface area (Å²) in [6, 6.07) is 13.7. The van der Waals surface area contributed by atoms with Crippen LogP contribution in [0, 0.1) is 6.92 Å². The van der Waals surface area contributed by atoms with E-state index in [-0.39, 0.29) is 5.91 Å². The first-order valence-corrected chi connectivity index (χ1v) is 7.46. The van der Waals surface area contributed by atoms with Crippen LogP contribution in [0.2, 0.25) is 0 Å². The van der Waals surface area contributed by atoms with E-state index >= 15 is 0 Å². The normalized spacial score (nSPS) is 10.8. The topological polar surface area (TPSA) is 37.6 Å². The number of hydrogen-bond donors (Lipinski definition) is 0. The predicted molar refractivity (Wildman–Crippen MR) is 86.8 cm³/mol. The minimum atomic E-state index is 0.0366. The Morgan fingerprint density at radius 3 is 2.73 bits per heavy atom. The van der Waals surface area contributed by atoms with Crippen molar-refractivity contribution in [3.8, 4) is 0 Å². The summed E-state index contributed by atoms with van der Waals surface area (Å²) in [7, 11) is 0. The number of aromatic nitrogens is 2. The standard InChI is InChI=1S/C18H19N3O/c1-3-20(13-15-7-5-4-6-8-15)18(22)16-9-10-21-12-14(2)19-17(21)11-16/h4-12H,3,13H2,1-2H3. The van der Waals surface area contributed by atoms with Gasteiger partial charge in [-0.2, -0.15) is 0 Å². The van der Waals surface area contributed by atoms with Crippen molar-refractivity contribution in [2.75, 3.05) is 6.54 Å². The monoisotopic (exact) mass is 293 g/mol. The molecule has 2 aromatic heterocycles. The zero-order valence-electron chi connectivity index (χ0n) is 12.9. The van der Waals surface area contributed by atoms with Gasteiger partial charge in [0.2, 0.25) is 0 Å². The van der Waals surface area contributed by atoms with Gasteiger partial charge in [-0.05, 0) is 31.5 Å². The molecular formula is C18H19N3O. The van der Waals surface area contributed by atoms with Crippen molar-refractivity contribution >= 4 is 11.6 Å². The highest BCUT2D eigenvalue weighted by molar-refractivity contribution is 5.95. The molecule has 1 aromatic carbocycles. The molecule has 0 spiro atoms. The Bertz CT molecular complexity index is 792. The molecule has 2 heterocycles. The van der Waals surface area contributed by atoms with Crippen LogP contribution in [0.4, 0.5) is 0 Å². The number of pyridine rings is 1. The molecule has 0 saturated heterocycles. The summed E-state index contributed by atoms with van der Waals surface area (Å²) < 4.78 is 1.93. The molecule has 0 saturated carbocycles. The van der Waals surface area contributed by atoms with E-state index in [0.29, 0.717) is 18.7 Å². The van der Waals surface area contributed by atoms with Gasteiger partial charge in [0.1, 0.15) is 5.65 Å². The Labute approximate surface area is 130 Å². The lowest BCUT2D eigenvalue weighted by Gasteiger charge is -2.21. The molecule has 0 bridgehead atoms. The minimum absolute atomic E-state index is 0.0366. The maximum atomic E-state index is 12.7. The molecule has 0 N–H and O–H groups in total. The van der Waals surface area contributed by atoms with Crippen molar-refractivity contribution < 1.29 is 4.79 Å². The van der Waals surface area contributed by atoms with Crippen LogP contribution in [0.5, 0.6) is 0 Å². The van der Waals surface area contributed by atoms with Crippen LogP contribution in [0.25, 0.3) is 5.65 Å². The van der Waals surface area contributed by atoms with Crippen molar-refractivity contribution in [1.82, 2.24) is 14.3 Å². The Morgan fingerprint density at radius 2 is 2.00 bits per heavy atom. The predicted octanol–water partition coefficient (Wildman–Crippen LogP) is 3.31. The summed E-state index contributed by atoms with van der Waals surface area (Å²) in [6.45, 7) is 5.24. The van der Waals surface area contributed by atoms with Gasteiger partial charge >= 0.3 is 0 Å². The SMILES string of the molecule is CCN(Cc1ccccc1)C(=O)c1ccn2cc(C)nc2c1. The second-order valence-electron chi connectivity index (χ2n) is 5.37. The first-order chi connectivity index (χ1) is 10.7. The van der Waals surface area contributed by atoms with E-state index in [0.717, 1.165) is 16.9 Å². The van der Waals surface area contributed by atoms with Gasteiger partial charge in [-0.1, -0.05) is 30.3 Å². The van der Waals surface area contributed by atoms with Crippen molar-refractivity contribution in [2.24, 2.45) is 0 Å². The molecule has 0 aliphatic heterocycles. The highest BCUT2D eigenvalue weighted by Crippen LogP contribution is 2.13. The number of nitrogens with zero attached hydrogens (tertiary/aromatic N) is 3. The number of imidazole rings is 1. The molecule has 1 amide bonds. The van der Waals surface area contributed by atoms with E-state index in [4.69, 9.17) is 0 Å². The molecule has 3 aromatic rings. The summed E-state index contributed by atoms with van der Waals surface area (Å²) in [4.78, 5) is 19.0. The van der Waals surface area contributed by atoms with Crippen molar-refractivity contribution in [3.63, 3.8) is 0 Å². The molecule has 0 aliphatic rings. The number of fused-ring (bicyclic) bond motifs is 1. The summed E-state index contributed by atoms with van der Waals surface area (Å²) in [5, 5.41) is 0. The molecule has 4 heteroatoms. The molecule has 3 rings (SSSR count). The number of amides is 1. The third-order valence-electron chi connectivity index (χ3n) is 3.71. The maximum Gasteiger partial charge on any atom is 0.254 e. The van der Waals surface area contributed by atoms with Gasteiger partial charge < -0.3 is 9.30 Å². The third-order valence-corrected chi connectivity index (χ3v) is 3.71. The van der Waals surface area contributed by atoms with Gasteiger partial charge in [-0.3, -0.25) is 4.79 Å². The lowest BCUT2D eigenvalue weighted by molar-refractivity contribution is 0.0752. The lowest BCUT2D eigenvalue weighted by atomic mass is 10.2. The van der Waals surface area contributed by atoms with Crippen LogP contribution >= 0.6 is 0 Å². The van der Waals surface area contributed by atoms with E-state index in [1.165, 1.54) is 0 Å². The van der Waals surface area contributed by atoms with E-state index in [1.807, 2.05) is 78.0 Å². The average molecular weight is 293 g/mol. The van der Waals surface area contributed by atoms with Crippen LogP contribution in [-0.4, -0.2) is 26.7 Å². The van der Waals surface area contributed by atoms with Gasteiger partial charge in [-0.15, -0.1) is 0 Å². The van der Waals surface area contributed by atoms with Crippen LogP contribution < -0.4 is 0 Å². The van der Waals surface area contributed by atoms with Crippen molar-refractivity contribution in [3.05, 3.63) is 71.7 Å². The van der Waals surface area contributed by atoms with Gasteiger partial charge in [0, 0.05) is 31.0 Å². The molecule has 4 nitrogen and oxygen atoms in total.